The predicted octanol–water partition coefficient (Wildman–Crippen LogP) is 2.76. The third-order valence-corrected chi connectivity index (χ3v) is 2.72. The Balaban J connectivity index is 2.35. The minimum Gasteiger partial charge on any atom is -0.364 e. The summed E-state index contributed by atoms with van der Waals surface area (Å²) in [6.45, 7) is 0.570. The van der Waals surface area contributed by atoms with E-state index in [2.05, 4.69) is 4.98 Å². The first-order valence-corrected chi connectivity index (χ1v) is 5.28. The Hall–Kier alpha value is -1.25. The quantitative estimate of drug-likeness (QED) is 0.821. The van der Waals surface area contributed by atoms with Gasteiger partial charge in [0, 0.05) is 29.4 Å². The van der Waals surface area contributed by atoms with Crippen LogP contribution >= 0.6 is 11.6 Å². The van der Waals surface area contributed by atoms with Gasteiger partial charge in [-0.25, -0.2) is 0 Å². The van der Waals surface area contributed by atoms with E-state index in [0.29, 0.717) is 6.54 Å². The highest BCUT2D eigenvalue weighted by molar-refractivity contribution is 6.30. The summed E-state index contributed by atoms with van der Waals surface area (Å²) in [6.07, 6.45) is 1.91. The van der Waals surface area contributed by atoms with E-state index in [0.717, 1.165) is 16.3 Å². The van der Waals surface area contributed by atoms with Gasteiger partial charge in [-0.2, -0.15) is 0 Å². The molecule has 1 atom stereocenters. The number of hydrogen-bond acceptors (Lipinski definition) is 1. The van der Waals surface area contributed by atoms with Crippen LogP contribution in [0.25, 0.3) is 0 Å². The number of nitrogens with two attached hydrogens (primary N) is 1. The van der Waals surface area contributed by atoms with E-state index in [9.17, 15) is 0 Å². The lowest BCUT2D eigenvalue weighted by atomic mass is 9.96. The second-order valence-electron chi connectivity index (χ2n) is 3.47. The van der Waals surface area contributed by atoms with Gasteiger partial charge < -0.3 is 10.7 Å². The molecule has 1 unspecified atom stereocenters. The van der Waals surface area contributed by atoms with Crippen molar-refractivity contribution in [3.05, 3.63) is 58.9 Å². The molecular weight excluding hydrogens is 208 g/mol. The highest BCUT2D eigenvalue weighted by Gasteiger charge is 2.12. The van der Waals surface area contributed by atoms with Gasteiger partial charge in [-0.15, -0.1) is 0 Å². The van der Waals surface area contributed by atoms with E-state index in [1.165, 1.54) is 0 Å². The molecule has 2 aromatic rings. The average molecular weight is 221 g/mol. The molecule has 78 valence electrons. The van der Waals surface area contributed by atoms with Gasteiger partial charge in [0.1, 0.15) is 0 Å². The van der Waals surface area contributed by atoms with Gasteiger partial charge in [0.05, 0.1) is 0 Å². The standard InChI is InChI=1S/C12H13ClN2/c13-10-4-1-3-9(7-10)11(8-14)12-5-2-6-15-12/h1-7,11,15H,8,14H2. The highest BCUT2D eigenvalue weighted by Crippen LogP contribution is 2.24. The SMILES string of the molecule is NCC(c1cccc(Cl)c1)c1ccc[nH]1. The van der Waals surface area contributed by atoms with Crippen molar-refractivity contribution in [2.45, 2.75) is 5.92 Å². The zero-order valence-electron chi connectivity index (χ0n) is 8.28. The number of benzene rings is 1. The summed E-state index contributed by atoms with van der Waals surface area (Å²) in [5.74, 6) is 0.193. The van der Waals surface area contributed by atoms with Crippen LogP contribution in [-0.2, 0) is 0 Å². The molecule has 15 heavy (non-hydrogen) atoms. The average Bonchev–Trinajstić information content (AvgIpc) is 2.72. The Morgan fingerprint density at radius 3 is 2.73 bits per heavy atom. The summed E-state index contributed by atoms with van der Waals surface area (Å²) < 4.78 is 0. The number of aromatic nitrogens is 1. The minimum atomic E-state index is 0.193. The summed E-state index contributed by atoms with van der Waals surface area (Å²) in [5.41, 5.74) is 8.05. The van der Waals surface area contributed by atoms with Gasteiger partial charge >= 0.3 is 0 Å². The normalized spacial score (nSPS) is 12.7. The molecule has 0 radical (unpaired) electrons. The first-order valence-electron chi connectivity index (χ1n) is 4.90. The maximum Gasteiger partial charge on any atom is 0.0408 e. The number of rotatable bonds is 3. The molecule has 0 saturated carbocycles. The van der Waals surface area contributed by atoms with E-state index in [1.807, 2.05) is 42.6 Å². The van der Waals surface area contributed by atoms with E-state index in [-0.39, 0.29) is 5.92 Å². The van der Waals surface area contributed by atoms with Crippen LogP contribution < -0.4 is 5.73 Å². The van der Waals surface area contributed by atoms with Crippen LogP contribution in [0.1, 0.15) is 17.2 Å². The maximum atomic E-state index is 5.96. The molecule has 0 aliphatic heterocycles. The summed E-state index contributed by atoms with van der Waals surface area (Å²) in [7, 11) is 0. The van der Waals surface area contributed by atoms with Crippen molar-refractivity contribution in [2.24, 2.45) is 5.73 Å². The van der Waals surface area contributed by atoms with Crippen molar-refractivity contribution in [1.82, 2.24) is 4.98 Å². The van der Waals surface area contributed by atoms with Crippen molar-refractivity contribution in [1.29, 1.82) is 0 Å². The molecule has 3 heteroatoms. The molecule has 0 amide bonds. The lowest BCUT2D eigenvalue weighted by molar-refractivity contribution is 0.794. The fourth-order valence-corrected chi connectivity index (χ4v) is 1.93. The van der Waals surface area contributed by atoms with Gasteiger partial charge in [-0.3, -0.25) is 0 Å². The molecule has 0 fully saturated rings. The Morgan fingerprint density at radius 1 is 1.27 bits per heavy atom. The van der Waals surface area contributed by atoms with Crippen molar-refractivity contribution in [3.8, 4) is 0 Å². The second kappa shape index (κ2) is 4.51. The minimum absolute atomic E-state index is 0.193. The van der Waals surface area contributed by atoms with Crippen LogP contribution in [0.2, 0.25) is 5.02 Å². The van der Waals surface area contributed by atoms with E-state index >= 15 is 0 Å². The van der Waals surface area contributed by atoms with E-state index in [4.69, 9.17) is 17.3 Å². The van der Waals surface area contributed by atoms with Crippen LogP contribution in [-0.4, -0.2) is 11.5 Å². The van der Waals surface area contributed by atoms with Crippen molar-refractivity contribution < 1.29 is 0 Å². The van der Waals surface area contributed by atoms with Gasteiger partial charge in [-0.1, -0.05) is 23.7 Å². The maximum absolute atomic E-state index is 5.96. The summed E-state index contributed by atoms with van der Waals surface area (Å²) in [6, 6.07) is 11.8. The third kappa shape index (κ3) is 2.22. The summed E-state index contributed by atoms with van der Waals surface area (Å²) in [5, 5.41) is 0.748. The Bertz CT molecular complexity index is 423. The molecule has 0 bridgehead atoms. The summed E-state index contributed by atoms with van der Waals surface area (Å²) >= 11 is 5.96. The Morgan fingerprint density at radius 2 is 2.13 bits per heavy atom. The van der Waals surface area contributed by atoms with Crippen LogP contribution in [0.3, 0.4) is 0 Å². The fraction of sp³-hybridized carbons (Fsp3) is 0.167. The number of H-pyrrole nitrogens is 1. The monoisotopic (exact) mass is 220 g/mol. The Kier molecular flexibility index (Phi) is 3.09. The highest BCUT2D eigenvalue weighted by atomic mass is 35.5. The van der Waals surface area contributed by atoms with Crippen molar-refractivity contribution in [3.63, 3.8) is 0 Å². The third-order valence-electron chi connectivity index (χ3n) is 2.48. The fourth-order valence-electron chi connectivity index (χ4n) is 1.73. The molecule has 0 aliphatic carbocycles. The molecule has 3 N–H and O–H groups in total. The van der Waals surface area contributed by atoms with Gasteiger partial charge in [-0.05, 0) is 29.8 Å². The smallest absolute Gasteiger partial charge is 0.0408 e. The number of halogens is 1. The van der Waals surface area contributed by atoms with E-state index < -0.39 is 0 Å². The van der Waals surface area contributed by atoms with E-state index in [1.54, 1.807) is 0 Å². The summed E-state index contributed by atoms with van der Waals surface area (Å²) in [4.78, 5) is 3.18. The molecule has 2 nitrogen and oxygen atoms in total. The molecule has 0 spiro atoms. The van der Waals surface area contributed by atoms with Gasteiger partial charge in [0.25, 0.3) is 0 Å². The second-order valence-corrected chi connectivity index (χ2v) is 3.91. The lowest BCUT2D eigenvalue weighted by Gasteiger charge is -2.13. The predicted molar refractivity (Wildman–Crippen MR) is 63.1 cm³/mol. The molecule has 1 aromatic carbocycles. The first kappa shape index (κ1) is 10.3. The van der Waals surface area contributed by atoms with Crippen LogP contribution in [0.15, 0.2) is 42.6 Å². The lowest BCUT2D eigenvalue weighted by Crippen LogP contribution is -2.14. The van der Waals surface area contributed by atoms with Crippen LogP contribution in [0.5, 0.6) is 0 Å². The van der Waals surface area contributed by atoms with Gasteiger partial charge in [0.15, 0.2) is 0 Å². The van der Waals surface area contributed by atoms with Crippen LogP contribution in [0.4, 0.5) is 0 Å². The number of aromatic amines is 1. The number of hydrogen-bond donors (Lipinski definition) is 2. The zero-order valence-corrected chi connectivity index (χ0v) is 9.04. The largest absolute Gasteiger partial charge is 0.364 e. The molecule has 1 heterocycles. The molecular formula is C12H13ClN2. The van der Waals surface area contributed by atoms with Crippen molar-refractivity contribution in [2.75, 3.05) is 6.54 Å². The topological polar surface area (TPSA) is 41.8 Å². The van der Waals surface area contributed by atoms with Gasteiger partial charge in [0.2, 0.25) is 0 Å². The molecule has 2 rings (SSSR count). The Labute approximate surface area is 94.1 Å². The number of nitrogens with one attached hydrogen (secondary N) is 1. The zero-order chi connectivity index (χ0) is 10.7. The first-order chi connectivity index (χ1) is 7.31. The molecule has 0 saturated heterocycles. The van der Waals surface area contributed by atoms with Crippen molar-refractivity contribution >= 4 is 11.6 Å². The molecule has 0 aliphatic rings. The van der Waals surface area contributed by atoms with Crippen LogP contribution in [0, 0.1) is 0 Å². The molecule has 1 aromatic heterocycles.